The van der Waals surface area contributed by atoms with Gasteiger partial charge in [0.25, 0.3) is 0 Å². The highest BCUT2D eigenvalue weighted by atomic mass is 16.2. The van der Waals surface area contributed by atoms with Gasteiger partial charge in [-0.3, -0.25) is 9.69 Å². The third kappa shape index (κ3) is 4.30. The average Bonchev–Trinajstić information content (AvgIpc) is 3.08. The quantitative estimate of drug-likeness (QED) is 0.907. The summed E-state index contributed by atoms with van der Waals surface area (Å²) >= 11 is 0. The van der Waals surface area contributed by atoms with Gasteiger partial charge in [0.1, 0.15) is 5.82 Å². The molecule has 2 aliphatic rings. The highest BCUT2D eigenvalue weighted by molar-refractivity contribution is 5.79. The van der Waals surface area contributed by atoms with Crippen LogP contribution in [0.2, 0.25) is 0 Å². The van der Waals surface area contributed by atoms with Gasteiger partial charge in [0.05, 0.1) is 5.69 Å². The number of carbonyl (C=O) groups excluding carboxylic acids is 1. The fourth-order valence-electron chi connectivity index (χ4n) is 4.15. The molecule has 0 saturated carbocycles. The van der Waals surface area contributed by atoms with E-state index in [4.69, 9.17) is 0 Å². The van der Waals surface area contributed by atoms with Gasteiger partial charge in [-0.25, -0.2) is 4.98 Å². The van der Waals surface area contributed by atoms with Gasteiger partial charge >= 0.3 is 0 Å². The summed E-state index contributed by atoms with van der Waals surface area (Å²) in [6.07, 6.45) is 7.05. The minimum absolute atomic E-state index is 0.113. The summed E-state index contributed by atoms with van der Waals surface area (Å²) in [5.74, 6) is 1.40. The number of rotatable bonds is 4. The van der Waals surface area contributed by atoms with Crippen LogP contribution in [0.1, 0.15) is 29.2 Å². The molecule has 0 unspecified atom stereocenters. The monoisotopic (exact) mass is 364 g/mol. The van der Waals surface area contributed by atoms with E-state index < -0.39 is 0 Å². The lowest BCUT2D eigenvalue weighted by molar-refractivity contribution is -0.137. The van der Waals surface area contributed by atoms with E-state index in [9.17, 15) is 4.79 Å². The van der Waals surface area contributed by atoms with Gasteiger partial charge < -0.3 is 9.88 Å². The minimum Gasteiger partial charge on any atom is -0.346 e. The summed E-state index contributed by atoms with van der Waals surface area (Å²) < 4.78 is 0. The van der Waals surface area contributed by atoms with Crippen LogP contribution in [0, 0.1) is 12.8 Å². The van der Waals surface area contributed by atoms with Crippen molar-refractivity contribution in [3.63, 3.8) is 0 Å². The fourth-order valence-corrected chi connectivity index (χ4v) is 4.15. The highest BCUT2D eigenvalue weighted by Crippen LogP contribution is 2.25. The summed E-state index contributed by atoms with van der Waals surface area (Å²) in [5, 5.41) is 0. The lowest BCUT2D eigenvalue weighted by atomic mass is 9.88. The number of benzene rings is 1. The number of imidazole rings is 1. The van der Waals surface area contributed by atoms with Crippen LogP contribution < -0.4 is 0 Å². The molecule has 1 aliphatic heterocycles. The van der Waals surface area contributed by atoms with Crippen molar-refractivity contribution < 1.29 is 4.79 Å². The molecule has 1 aromatic carbocycles. The molecule has 2 heterocycles. The molecule has 0 radical (unpaired) electrons. The molecule has 1 N–H and O–H groups in total. The summed E-state index contributed by atoms with van der Waals surface area (Å²) in [6, 6.07) is 10.4. The first-order chi connectivity index (χ1) is 13.2. The average molecular weight is 364 g/mol. The number of amides is 1. The molecule has 5 nitrogen and oxygen atoms in total. The van der Waals surface area contributed by atoms with E-state index in [0.29, 0.717) is 5.91 Å². The predicted octanol–water partition coefficient (Wildman–Crippen LogP) is 2.68. The smallest absolute Gasteiger partial charge is 0.226 e. The molecule has 2 aromatic rings. The van der Waals surface area contributed by atoms with E-state index in [1.807, 2.05) is 13.0 Å². The Hall–Kier alpha value is -2.40. The zero-order chi connectivity index (χ0) is 18.6. The van der Waals surface area contributed by atoms with Crippen LogP contribution >= 0.6 is 0 Å². The fraction of sp³-hybridized carbons (Fsp3) is 0.455. The molecule has 1 saturated heterocycles. The number of aromatic amines is 1. The van der Waals surface area contributed by atoms with Crippen molar-refractivity contribution in [1.82, 2.24) is 19.8 Å². The van der Waals surface area contributed by atoms with Crippen molar-refractivity contribution in [2.75, 3.05) is 32.7 Å². The predicted molar refractivity (Wildman–Crippen MR) is 107 cm³/mol. The van der Waals surface area contributed by atoms with E-state index in [-0.39, 0.29) is 5.92 Å². The van der Waals surface area contributed by atoms with Crippen LogP contribution in [0.4, 0.5) is 0 Å². The Labute approximate surface area is 161 Å². The third-order valence-corrected chi connectivity index (χ3v) is 5.67. The first kappa shape index (κ1) is 18.0. The van der Waals surface area contributed by atoms with Crippen molar-refractivity contribution >= 4 is 12.0 Å². The number of H-pyrrole nitrogens is 1. The number of nitrogens with zero attached hydrogens (tertiary/aromatic N) is 3. The summed E-state index contributed by atoms with van der Waals surface area (Å²) in [5.41, 5.74) is 3.56. The van der Waals surface area contributed by atoms with Crippen LogP contribution in [0.25, 0.3) is 6.08 Å². The van der Waals surface area contributed by atoms with Gasteiger partial charge in [0, 0.05) is 50.8 Å². The van der Waals surface area contributed by atoms with Gasteiger partial charge in [-0.15, -0.1) is 0 Å². The SMILES string of the molecule is Cc1nc2c([nH]1)C[C@@H](C(=O)N1CCN(C/C=C/c3ccccc3)CC1)CC2. The van der Waals surface area contributed by atoms with E-state index in [1.165, 1.54) is 11.3 Å². The summed E-state index contributed by atoms with van der Waals surface area (Å²) in [6.45, 7) is 6.50. The molecular weight excluding hydrogens is 336 g/mol. The van der Waals surface area contributed by atoms with Crippen molar-refractivity contribution in [3.8, 4) is 0 Å². The van der Waals surface area contributed by atoms with Crippen molar-refractivity contribution in [1.29, 1.82) is 0 Å². The van der Waals surface area contributed by atoms with Gasteiger partial charge in [-0.2, -0.15) is 0 Å². The second-order valence-electron chi connectivity index (χ2n) is 7.63. The largest absolute Gasteiger partial charge is 0.346 e. The van der Waals surface area contributed by atoms with E-state index in [1.54, 1.807) is 0 Å². The first-order valence-electron chi connectivity index (χ1n) is 9.96. The zero-order valence-corrected chi connectivity index (χ0v) is 16.0. The topological polar surface area (TPSA) is 52.2 Å². The molecule has 5 heteroatoms. The summed E-state index contributed by atoms with van der Waals surface area (Å²) in [4.78, 5) is 25.3. The second kappa shape index (κ2) is 8.09. The maximum absolute atomic E-state index is 12.9. The normalized spacial score (nSPS) is 20.8. The van der Waals surface area contributed by atoms with Crippen LogP contribution in [-0.4, -0.2) is 58.4 Å². The Kier molecular flexibility index (Phi) is 5.39. The van der Waals surface area contributed by atoms with Gasteiger partial charge in [0.2, 0.25) is 5.91 Å². The lowest BCUT2D eigenvalue weighted by Crippen LogP contribution is -2.50. The molecule has 1 amide bonds. The Morgan fingerprint density at radius 1 is 1.22 bits per heavy atom. The van der Waals surface area contributed by atoms with Gasteiger partial charge in [-0.1, -0.05) is 42.5 Å². The standard InChI is InChI=1S/C22H28N4O/c1-17-23-20-10-9-19(16-21(20)24-17)22(27)26-14-12-25(13-15-26)11-5-8-18-6-3-2-4-7-18/h2-8,19H,9-16H2,1H3,(H,23,24)/b8-5+/t19-/m0/s1. The number of hydrogen-bond acceptors (Lipinski definition) is 3. The second-order valence-corrected chi connectivity index (χ2v) is 7.63. The highest BCUT2D eigenvalue weighted by Gasteiger charge is 2.31. The molecule has 1 aromatic heterocycles. The maximum atomic E-state index is 12.9. The Bertz CT molecular complexity index is 803. The number of hydrogen-bond donors (Lipinski definition) is 1. The molecule has 1 atom stereocenters. The number of nitrogens with one attached hydrogen (secondary N) is 1. The Morgan fingerprint density at radius 3 is 2.78 bits per heavy atom. The maximum Gasteiger partial charge on any atom is 0.226 e. The molecule has 4 rings (SSSR count). The third-order valence-electron chi connectivity index (χ3n) is 5.67. The van der Waals surface area contributed by atoms with Gasteiger partial charge in [-0.05, 0) is 25.3 Å². The van der Waals surface area contributed by atoms with Crippen molar-refractivity contribution in [3.05, 3.63) is 59.2 Å². The first-order valence-corrected chi connectivity index (χ1v) is 9.96. The number of aromatic nitrogens is 2. The molecule has 0 bridgehead atoms. The molecule has 0 spiro atoms. The Balaban J connectivity index is 1.25. The molecule has 1 aliphatic carbocycles. The lowest BCUT2D eigenvalue weighted by Gasteiger charge is -2.36. The van der Waals surface area contributed by atoms with Crippen molar-refractivity contribution in [2.24, 2.45) is 5.92 Å². The number of fused-ring (bicyclic) bond motifs is 1. The van der Waals surface area contributed by atoms with Crippen LogP contribution in [0.5, 0.6) is 0 Å². The number of piperazine rings is 1. The van der Waals surface area contributed by atoms with Crippen LogP contribution in [0.3, 0.4) is 0 Å². The molecule has 27 heavy (non-hydrogen) atoms. The van der Waals surface area contributed by atoms with Crippen LogP contribution in [0.15, 0.2) is 36.4 Å². The number of aryl methyl sites for hydroxylation is 2. The molecule has 142 valence electrons. The number of carbonyl (C=O) groups is 1. The van der Waals surface area contributed by atoms with Crippen LogP contribution in [-0.2, 0) is 17.6 Å². The molecular formula is C22H28N4O. The Morgan fingerprint density at radius 2 is 2.00 bits per heavy atom. The zero-order valence-electron chi connectivity index (χ0n) is 16.0. The van der Waals surface area contributed by atoms with E-state index in [2.05, 4.69) is 56.2 Å². The summed E-state index contributed by atoms with van der Waals surface area (Å²) in [7, 11) is 0. The van der Waals surface area contributed by atoms with E-state index in [0.717, 1.165) is 63.5 Å². The van der Waals surface area contributed by atoms with Gasteiger partial charge in [0.15, 0.2) is 0 Å². The molecule has 1 fully saturated rings. The van der Waals surface area contributed by atoms with E-state index >= 15 is 0 Å². The van der Waals surface area contributed by atoms with Crippen molar-refractivity contribution in [2.45, 2.75) is 26.2 Å². The minimum atomic E-state index is 0.113.